The number of hydrogen-bond acceptors (Lipinski definition) is 0. The fraction of sp³-hybridized carbons (Fsp3) is 0.172. The number of fused-ring (bicyclic) bond motifs is 6. The number of rotatable bonds is 0. The average Bonchev–Trinajstić information content (AvgIpc) is 2.70. The smallest absolute Gasteiger partial charge is 0.00133 e. The Morgan fingerprint density at radius 3 is 1.28 bits per heavy atom. The Balaban J connectivity index is 1.85. The third-order valence-corrected chi connectivity index (χ3v) is 6.14. The van der Waals surface area contributed by atoms with Crippen LogP contribution in [0.2, 0.25) is 0 Å². The molecule has 0 spiro atoms. The van der Waals surface area contributed by atoms with Gasteiger partial charge in [-0.05, 0) is 78.1 Å². The van der Waals surface area contributed by atoms with Gasteiger partial charge in [-0.15, -0.1) is 0 Å². The van der Waals surface area contributed by atoms with Crippen molar-refractivity contribution in [2.75, 3.05) is 0 Å². The van der Waals surface area contributed by atoms with E-state index in [2.05, 4.69) is 99.6 Å². The molecule has 0 unspecified atom stereocenters. The highest BCUT2D eigenvalue weighted by Gasteiger charge is 2.18. The Morgan fingerprint density at radius 2 is 0.793 bits per heavy atom. The SMILES string of the molecule is Cc1ccc2c(c1)Cc1cc(C)ccc1-c1ccc(C)cc1Cc1ccccc1-2. The van der Waals surface area contributed by atoms with Gasteiger partial charge in [-0.25, -0.2) is 0 Å². The standard InChI is InChI=1S/C29H26/c1-19-9-12-28-23(14-19)17-22-6-4-5-7-26(22)27-11-8-20(2)15-24(27)18-25-16-21(3)10-13-29(25)28/h4-16H,17-18H2,1-3H3. The van der Waals surface area contributed by atoms with Gasteiger partial charge in [-0.2, -0.15) is 0 Å². The minimum absolute atomic E-state index is 0.952. The van der Waals surface area contributed by atoms with Crippen LogP contribution in [-0.2, 0) is 12.8 Å². The second kappa shape index (κ2) is 7.04. The van der Waals surface area contributed by atoms with Gasteiger partial charge in [0, 0.05) is 0 Å². The zero-order chi connectivity index (χ0) is 20.0. The van der Waals surface area contributed by atoms with E-state index in [0.29, 0.717) is 0 Å². The summed E-state index contributed by atoms with van der Waals surface area (Å²) >= 11 is 0. The molecule has 0 heterocycles. The van der Waals surface area contributed by atoms with Crippen LogP contribution in [0.5, 0.6) is 0 Å². The predicted octanol–water partition coefficient (Wildman–Crippen LogP) is 7.44. The number of aryl methyl sites for hydroxylation is 3. The molecular formula is C29H26. The van der Waals surface area contributed by atoms with Crippen LogP contribution in [0.25, 0.3) is 22.3 Å². The van der Waals surface area contributed by atoms with Crippen LogP contribution in [-0.4, -0.2) is 0 Å². The van der Waals surface area contributed by atoms with E-state index in [-0.39, 0.29) is 0 Å². The summed E-state index contributed by atoms with van der Waals surface area (Å²) in [5.41, 5.74) is 15.1. The fourth-order valence-corrected chi connectivity index (χ4v) is 4.74. The maximum atomic E-state index is 2.37. The fourth-order valence-electron chi connectivity index (χ4n) is 4.74. The molecular weight excluding hydrogens is 348 g/mol. The lowest BCUT2D eigenvalue weighted by molar-refractivity contribution is 1.13. The average molecular weight is 375 g/mol. The van der Waals surface area contributed by atoms with Crippen LogP contribution in [0.4, 0.5) is 0 Å². The van der Waals surface area contributed by atoms with Crippen molar-refractivity contribution >= 4 is 0 Å². The zero-order valence-corrected chi connectivity index (χ0v) is 17.4. The van der Waals surface area contributed by atoms with Crippen molar-refractivity contribution in [2.24, 2.45) is 0 Å². The predicted molar refractivity (Wildman–Crippen MR) is 124 cm³/mol. The first-order valence-corrected chi connectivity index (χ1v) is 10.5. The van der Waals surface area contributed by atoms with Crippen molar-refractivity contribution in [1.29, 1.82) is 0 Å². The van der Waals surface area contributed by atoms with Gasteiger partial charge in [0.1, 0.15) is 0 Å². The summed E-state index contributed by atoms with van der Waals surface area (Å²) < 4.78 is 0. The molecule has 0 radical (unpaired) electrons. The molecule has 4 aromatic carbocycles. The number of benzene rings is 4. The monoisotopic (exact) mass is 374 g/mol. The van der Waals surface area contributed by atoms with Gasteiger partial charge in [-0.3, -0.25) is 0 Å². The molecule has 0 N–H and O–H groups in total. The van der Waals surface area contributed by atoms with Crippen LogP contribution < -0.4 is 0 Å². The quantitative estimate of drug-likeness (QED) is 0.264. The van der Waals surface area contributed by atoms with Crippen molar-refractivity contribution in [3.63, 3.8) is 0 Å². The summed E-state index contributed by atoms with van der Waals surface area (Å²) in [5, 5.41) is 0. The van der Waals surface area contributed by atoms with Crippen LogP contribution in [0.3, 0.4) is 0 Å². The Kier molecular flexibility index (Phi) is 4.36. The molecule has 1 aliphatic rings. The molecule has 29 heavy (non-hydrogen) atoms. The highest BCUT2D eigenvalue weighted by molar-refractivity contribution is 5.78. The van der Waals surface area contributed by atoms with E-state index in [9.17, 15) is 0 Å². The van der Waals surface area contributed by atoms with E-state index >= 15 is 0 Å². The summed E-state index contributed by atoms with van der Waals surface area (Å²) in [7, 11) is 0. The first-order valence-electron chi connectivity index (χ1n) is 10.5. The normalized spacial score (nSPS) is 12.4. The van der Waals surface area contributed by atoms with Crippen molar-refractivity contribution < 1.29 is 0 Å². The summed E-state index contributed by atoms with van der Waals surface area (Å²) in [6.07, 6.45) is 1.91. The van der Waals surface area contributed by atoms with Crippen LogP contribution in [0, 0.1) is 20.8 Å². The third kappa shape index (κ3) is 3.29. The van der Waals surface area contributed by atoms with E-state index in [1.165, 1.54) is 61.2 Å². The molecule has 0 bridgehead atoms. The molecule has 142 valence electrons. The molecule has 4 aromatic rings. The second-order valence-electron chi connectivity index (χ2n) is 8.49. The molecule has 0 aromatic heterocycles. The van der Waals surface area contributed by atoms with Gasteiger partial charge >= 0.3 is 0 Å². The maximum Gasteiger partial charge on any atom is -0.00133 e. The van der Waals surface area contributed by atoms with Crippen molar-refractivity contribution in [3.8, 4) is 22.3 Å². The minimum atomic E-state index is 0.952. The molecule has 0 nitrogen and oxygen atoms in total. The lowest BCUT2D eigenvalue weighted by Gasteiger charge is -2.21. The van der Waals surface area contributed by atoms with E-state index in [0.717, 1.165) is 12.8 Å². The van der Waals surface area contributed by atoms with Gasteiger partial charge in [0.25, 0.3) is 0 Å². The second-order valence-corrected chi connectivity index (χ2v) is 8.49. The first-order chi connectivity index (χ1) is 14.1. The van der Waals surface area contributed by atoms with Crippen LogP contribution in [0.1, 0.15) is 38.9 Å². The largest absolute Gasteiger partial charge is 0.0619 e. The maximum absolute atomic E-state index is 2.37. The molecule has 0 saturated heterocycles. The molecule has 0 saturated carbocycles. The van der Waals surface area contributed by atoms with Crippen molar-refractivity contribution in [3.05, 3.63) is 118 Å². The van der Waals surface area contributed by atoms with Crippen molar-refractivity contribution in [2.45, 2.75) is 33.6 Å². The third-order valence-electron chi connectivity index (χ3n) is 6.14. The summed E-state index contributed by atoms with van der Waals surface area (Å²) in [5.74, 6) is 0. The first kappa shape index (κ1) is 17.9. The topological polar surface area (TPSA) is 0 Å². The Labute approximate surface area is 173 Å². The van der Waals surface area contributed by atoms with Crippen LogP contribution in [0.15, 0.2) is 78.9 Å². The van der Waals surface area contributed by atoms with Gasteiger partial charge in [0.2, 0.25) is 0 Å². The van der Waals surface area contributed by atoms with E-state index < -0.39 is 0 Å². The van der Waals surface area contributed by atoms with E-state index in [1.54, 1.807) is 0 Å². The summed E-state index contributed by atoms with van der Waals surface area (Å²) in [4.78, 5) is 0. The molecule has 0 aliphatic heterocycles. The highest BCUT2D eigenvalue weighted by atomic mass is 14.2. The van der Waals surface area contributed by atoms with Gasteiger partial charge < -0.3 is 0 Å². The zero-order valence-electron chi connectivity index (χ0n) is 17.4. The highest BCUT2D eigenvalue weighted by Crippen LogP contribution is 2.37. The van der Waals surface area contributed by atoms with Crippen molar-refractivity contribution in [1.82, 2.24) is 0 Å². The molecule has 0 heteroatoms. The lowest BCUT2D eigenvalue weighted by atomic mass is 9.83. The van der Waals surface area contributed by atoms with E-state index in [1.807, 2.05) is 0 Å². The van der Waals surface area contributed by atoms with Gasteiger partial charge in [-0.1, -0.05) is 95.6 Å². The minimum Gasteiger partial charge on any atom is -0.0619 e. The van der Waals surface area contributed by atoms with E-state index in [4.69, 9.17) is 0 Å². The molecule has 0 atom stereocenters. The molecule has 5 rings (SSSR count). The van der Waals surface area contributed by atoms with Crippen LogP contribution >= 0.6 is 0 Å². The molecule has 0 fully saturated rings. The molecule has 1 aliphatic carbocycles. The Morgan fingerprint density at radius 1 is 0.414 bits per heavy atom. The Bertz CT molecular complexity index is 1230. The summed E-state index contributed by atoms with van der Waals surface area (Å²) in [6, 6.07) is 29.7. The van der Waals surface area contributed by atoms with Gasteiger partial charge in [0.15, 0.2) is 0 Å². The Hall–Kier alpha value is -3.12. The summed E-state index contributed by atoms with van der Waals surface area (Å²) in [6.45, 7) is 6.58. The number of hydrogen-bond donors (Lipinski definition) is 0. The van der Waals surface area contributed by atoms with Gasteiger partial charge in [0.05, 0.1) is 0 Å². The molecule has 0 amide bonds. The lowest BCUT2D eigenvalue weighted by Crippen LogP contribution is -2.03.